The monoisotopic (exact) mass is 315 g/mol. The summed E-state index contributed by atoms with van der Waals surface area (Å²) < 4.78 is 8.74. The van der Waals surface area contributed by atoms with Crippen molar-refractivity contribution in [2.45, 2.75) is 19.4 Å². The molecule has 2 heterocycles. The van der Waals surface area contributed by atoms with Crippen LogP contribution in [0.5, 0.6) is 0 Å². The van der Waals surface area contributed by atoms with Gasteiger partial charge in [0, 0.05) is 30.9 Å². The van der Waals surface area contributed by atoms with E-state index in [4.69, 9.17) is 17.0 Å². The van der Waals surface area contributed by atoms with Gasteiger partial charge < -0.3 is 14.3 Å². The van der Waals surface area contributed by atoms with Gasteiger partial charge in [-0.05, 0) is 47.1 Å². The number of halogens is 1. The third kappa shape index (κ3) is 2.94. The van der Waals surface area contributed by atoms with Crippen LogP contribution >= 0.6 is 28.1 Å². The molecule has 6 heteroatoms. The number of aryl methyl sites for hydroxylation is 1. The number of ether oxygens (including phenoxy) is 1. The van der Waals surface area contributed by atoms with Crippen molar-refractivity contribution in [1.29, 1.82) is 0 Å². The molecule has 2 aromatic heterocycles. The number of pyridine rings is 1. The Kier molecular flexibility index (Phi) is 4.31. The molecule has 4 nitrogen and oxygen atoms in total. The molecule has 0 saturated carbocycles. The van der Waals surface area contributed by atoms with Crippen LogP contribution in [0.15, 0.2) is 16.7 Å². The van der Waals surface area contributed by atoms with E-state index in [-0.39, 0.29) is 0 Å². The number of unbranched alkanes of at least 4 members (excludes halogenated alkanes) is 1. The lowest BCUT2D eigenvalue weighted by molar-refractivity contribution is 0.191. The lowest BCUT2D eigenvalue weighted by Crippen LogP contribution is -2.00. The van der Waals surface area contributed by atoms with E-state index in [0.717, 1.165) is 46.4 Å². The molecule has 92 valence electrons. The first-order valence-electron chi connectivity index (χ1n) is 5.45. The van der Waals surface area contributed by atoms with Crippen LogP contribution in [0.3, 0.4) is 0 Å². The predicted molar refractivity (Wildman–Crippen MR) is 73.7 cm³/mol. The highest BCUT2D eigenvalue weighted by Gasteiger charge is 2.05. The van der Waals surface area contributed by atoms with Gasteiger partial charge in [0.1, 0.15) is 0 Å². The Morgan fingerprint density at radius 1 is 1.53 bits per heavy atom. The maximum absolute atomic E-state index is 5.30. The first-order valence-corrected chi connectivity index (χ1v) is 6.65. The minimum absolute atomic E-state index is 0.725. The Balaban J connectivity index is 2.21. The molecule has 0 spiro atoms. The normalized spacial score (nSPS) is 11.2. The summed E-state index contributed by atoms with van der Waals surface area (Å²) in [7, 11) is 1.72. The number of methoxy groups -OCH3 is 1. The summed E-state index contributed by atoms with van der Waals surface area (Å²) in [5, 5.41) is 0. The fraction of sp³-hybridized carbons (Fsp3) is 0.455. The van der Waals surface area contributed by atoms with Gasteiger partial charge in [-0.25, -0.2) is 4.98 Å². The molecule has 17 heavy (non-hydrogen) atoms. The first-order chi connectivity index (χ1) is 8.22. The van der Waals surface area contributed by atoms with Crippen molar-refractivity contribution >= 4 is 39.3 Å². The molecule has 2 aromatic rings. The molecule has 0 bridgehead atoms. The van der Waals surface area contributed by atoms with E-state index in [1.165, 1.54) is 0 Å². The number of hydrogen-bond donors (Lipinski definition) is 1. The number of nitrogens with zero attached hydrogens (tertiary/aromatic N) is 2. The Morgan fingerprint density at radius 3 is 3.12 bits per heavy atom. The summed E-state index contributed by atoms with van der Waals surface area (Å²) >= 11 is 8.69. The fourth-order valence-corrected chi connectivity index (χ4v) is 2.36. The molecule has 0 fully saturated rings. The van der Waals surface area contributed by atoms with Crippen molar-refractivity contribution in [2.24, 2.45) is 0 Å². The standard InChI is InChI=1S/C11H14BrN3OS/c1-16-5-3-2-4-15-10-9(14-11(15)17)6-8(12)7-13-10/h6-7H,2-5H2,1H3,(H,14,17). The van der Waals surface area contributed by atoms with Gasteiger partial charge in [0.05, 0.1) is 5.52 Å². The summed E-state index contributed by atoms with van der Waals surface area (Å²) in [4.78, 5) is 7.55. The molecule has 2 rings (SSSR count). The van der Waals surface area contributed by atoms with Gasteiger partial charge in [-0.15, -0.1) is 0 Å². The first kappa shape index (κ1) is 12.7. The summed E-state index contributed by atoms with van der Waals surface area (Å²) in [5.74, 6) is 0. The Morgan fingerprint density at radius 2 is 2.35 bits per heavy atom. The lowest BCUT2D eigenvalue weighted by atomic mass is 10.3. The number of imidazole rings is 1. The molecule has 0 aliphatic carbocycles. The summed E-state index contributed by atoms with van der Waals surface area (Å²) in [5.41, 5.74) is 1.88. The molecular weight excluding hydrogens is 302 g/mol. The molecule has 0 atom stereocenters. The number of fused-ring (bicyclic) bond motifs is 1. The van der Waals surface area contributed by atoms with Gasteiger partial charge in [0.25, 0.3) is 0 Å². The number of hydrogen-bond acceptors (Lipinski definition) is 3. The highest BCUT2D eigenvalue weighted by molar-refractivity contribution is 9.10. The van der Waals surface area contributed by atoms with Crippen LogP contribution < -0.4 is 0 Å². The van der Waals surface area contributed by atoms with Gasteiger partial charge in [-0.3, -0.25) is 0 Å². The molecule has 0 aliphatic heterocycles. The maximum Gasteiger partial charge on any atom is 0.179 e. The van der Waals surface area contributed by atoms with E-state index in [1.54, 1.807) is 13.3 Å². The number of H-pyrrole nitrogens is 1. The minimum Gasteiger partial charge on any atom is -0.385 e. The largest absolute Gasteiger partial charge is 0.385 e. The second-order valence-electron chi connectivity index (χ2n) is 3.81. The smallest absolute Gasteiger partial charge is 0.179 e. The van der Waals surface area contributed by atoms with Crippen molar-refractivity contribution in [1.82, 2.24) is 14.5 Å². The van der Waals surface area contributed by atoms with Crippen LogP contribution in [0.2, 0.25) is 0 Å². The number of aromatic nitrogens is 3. The molecule has 0 saturated heterocycles. The minimum atomic E-state index is 0.725. The summed E-state index contributed by atoms with van der Waals surface area (Å²) in [6, 6.07) is 1.99. The van der Waals surface area contributed by atoms with Gasteiger partial charge in [-0.1, -0.05) is 0 Å². The van der Waals surface area contributed by atoms with Crippen LogP contribution in [-0.4, -0.2) is 28.3 Å². The Labute approximate surface area is 113 Å². The van der Waals surface area contributed by atoms with Crippen LogP contribution in [-0.2, 0) is 11.3 Å². The zero-order valence-electron chi connectivity index (χ0n) is 9.57. The lowest BCUT2D eigenvalue weighted by Gasteiger charge is -2.03. The summed E-state index contributed by atoms with van der Waals surface area (Å²) in [6.45, 7) is 1.66. The van der Waals surface area contributed by atoms with Crippen molar-refractivity contribution in [3.63, 3.8) is 0 Å². The quantitative estimate of drug-likeness (QED) is 0.680. The highest BCUT2D eigenvalue weighted by Crippen LogP contribution is 2.17. The second kappa shape index (κ2) is 5.75. The van der Waals surface area contributed by atoms with E-state index in [2.05, 4.69) is 25.9 Å². The second-order valence-corrected chi connectivity index (χ2v) is 5.11. The molecule has 0 unspecified atom stereocenters. The Hall–Kier alpha value is -0.720. The van der Waals surface area contributed by atoms with Crippen molar-refractivity contribution in [3.8, 4) is 0 Å². The number of rotatable bonds is 5. The topological polar surface area (TPSA) is 42.8 Å². The SMILES string of the molecule is COCCCCn1c(=S)[nH]c2cc(Br)cnc21. The molecule has 0 amide bonds. The van der Waals surface area contributed by atoms with E-state index in [0.29, 0.717) is 0 Å². The maximum atomic E-state index is 5.30. The average molecular weight is 316 g/mol. The van der Waals surface area contributed by atoms with E-state index in [9.17, 15) is 0 Å². The van der Waals surface area contributed by atoms with Crippen LogP contribution in [0, 0.1) is 4.77 Å². The van der Waals surface area contributed by atoms with E-state index >= 15 is 0 Å². The van der Waals surface area contributed by atoms with Gasteiger partial charge in [0.2, 0.25) is 0 Å². The molecule has 1 N–H and O–H groups in total. The third-order valence-corrected chi connectivity index (χ3v) is 3.31. The summed E-state index contributed by atoms with van der Waals surface area (Å²) in [6.07, 6.45) is 3.85. The third-order valence-electron chi connectivity index (χ3n) is 2.56. The van der Waals surface area contributed by atoms with Gasteiger partial charge >= 0.3 is 0 Å². The highest BCUT2D eigenvalue weighted by atomic mass is 79.9. The fourth-order valence-electron chi connectivity index (χ4n) is 1.74. The van der Waals surface area contributed by atoms with Crippen molar-refractivity contribution < 1.29 is 4.74 Å². The molecule has 0 aliphatic rings. The average Bonchev–Trinajstić information content (AvgIpc) is 2.60. The zero-order chi connectivity index (χ0) is 12.3. The molecular formula is C11H14BrN3OS. The van der Waals surface area contributed by atoms with Crippen LogP contribution in [0.1, 0.15) is 12.8 Å². The van der Waals surface area contributed by atoms with E-state index in [1.807, 2.05) is 10.6 Å². The van der Waals surface area contributed by atoms with Gasteiger partial charge in [0.15, 0.2) is 10.4 Å². The van der Waals surface area contributed by atoms with E-state index < -0.39 is 0 Å². The molecule has 0 aromatic carbocycles. The van der Waals surface area contributed by atoms with Crippen LogP contribution in [0.4, 0.5) is 0 Å². The van der Waals surface area contributed by atoms with Crippen molar-refractivity contribution in [3.05, 3.63) is 21.5 Å². The van der Waals surface area contributed by atoms with Crippen LogP contribution in [0.25, 0.3) is 11.2 Å². The molecule has 0 radical (unpaired) electrons. The number of nitrogens with one attached hydrogen (secondary N) is 1. The zero-order valence-corrected chi connectivity index (χ0v) is 12.0. The number of aromatic amines is 1. The predicted octanol–water partition coefficient (Wildman–Crippen LogP) is 3.28. The van der Waals surface area contributed by atoms with Gasteiger partial charge in [-0.2, -0.15) is 0 Å². The Bertz CT molecular complexity index is 563. The van der Waals surface area contributed by atoms with Crippen molar-refractivity contribution in [2.75, 3.05) is 13.7 Å².